The molecule has 0 aliphatic carbocycles. The number of amides is 1. The first-order valence-corrected chi connectivity index (χ1v) is 5.92. The van der Waals surface area contributed by atoms with Crippen LogP contribution in [0.4, 0.5) is 4.79 Å². The maximum atomic E-state index is 11.6. The molecule has 0 N–H and O–H groups in total. The highest BCUT2D eigenvalue weighted by atomic mass is 16.6. The minimum atomic E-state index is -0.375. The highest BCUT2D eigenvalue weighted by molar-refractivity contribution is 5.68. The van der Waals surface area contributed by atoms with Crippen LogP contribution in [0.1, 0.15) is 39.5 Å². The van der Waals surface area contributed by atoms with Gasteiger partial charge in [0.2, 0.25) is 6.29 Å². The summed E-state index contributed by atoms with van der Waals surface area (Å²) in [5, 5.41) is 0. The molecule has 4 nitrogen and oxygen atoms in total. The van der Waals surface area contributed by atoms with Crippen molar-refractivity contribution in [3.05, 3.63) is 0 Å². The number of unbranched alkanes of at least 4 members (excludes halogenated alkanes) is 1. The van der Waals surface area contributed by atoms with Crippen molar-refractivity contribution in [2.75, 3.05) is 19.7 Å². The number of hydrogen-bond donors (Lipinski definition) is 0. The summed E-state index contributed by atoms with van der Waals surface area (Å²) in [5.74, 6) is 0. The first-order chi connectivity index (χ1) is 7.61. The van der Waals surface area contributed by atoms with E-state index in [0.717, 1.165) is 12.8 Å². The fourth-order valence-corrected chi connectivity index (χ4v) is 1.68. The van der Waals surface area contributed by atoms with Crippen molar-refractivity contribution in [1.82, 2.24) is 4.90 Å². The van der Waals surface area contributed by atoms with Crippen molar-refractivity contribution in [2.24, 2.45) is 5.41 Å². The van der Waals surface area contributed by atoms with E-state index in [1.54, 1.807) is 4.90 Å². The fourth-order valence-electron chi connectivity index (χ4n) is 1.68. The van der Waals surface area contributed by atoms with Gasteiger partial charge >= 0.3 is 6.09 Å². The largest absolute Gasteiger partial charge is 0.449 e. The van der Waals surface area contributed by atoms with Gasteiger partial charge in [-0.15, -0.1) is 0 Å². The van der Waals surface area contributed by atoms with Crippen LogP contribution in [0.25, 0.3) is 0 Å². The van der Waals surface area contributed by atoms with E-state index in [2.05, 4.69) is 13.2 Å². The van der Waals surface area contributed by atoms with Crippen LogP contribution < -0.4 is 0 Å². The van der Waals surface area contributed by atoms with Crippen molar-refractivity contribution in [3.63, 3.8) is 0 Å². The number of nitrogens with zero attached hydrogens (tertiary/aromatic N) is 1. The quantitative estimate of drug-likeness (QED) is 0.690. The lowest BCUT2D eigenvalue weighted by atomic mass is 9.82. The van der Waals surface area contributed by atoms with E-state index in [0.29, 0.717) is 32.5 Å². The van der Waals surface area contributed by atoms with E-state index >= 15 is 0 Å². The van der Waals surface area contributed by atoms with Crippen molar-refractivity contribution in [3.8, 4) is 0 Å². The zero-order valence-electron chi connectivity index (χ0n) is 10.1. The molecule has 4 heteroatoms. The summed E-state index contributed by atoms with van der Waals surface area (Å²) >= 11 is 0. The van der Waals surface area contributed by atoms with Crippen LogP contribution >= 0.6 is 0 Å². The molecule has 1 amide bonds. The Bertz CT molecular complexity index is 245. The molecule has 0 atom stereocenters. The molecule has 0 aromatic carbocycles. The monoisotopic (exact) mass is 226 g/mol. The van der Waals surface area contributed by atoms with Gasteiger partial charge in [0.15, 0.2) is 0 Å². The number of rotatable bonds is 4. The Hall–Kier alpha value is -1.06. The maximum absolute atomic E-state index is 11.6. The lowest BCUT2D eigenvalue weighted by Gasteiger charge is -2.34. The molecule has 1 aliphatic rings. The molecule has 1 saturated heterocycles. The van der Waals surface area contributed by atoms with Crippen molar-refractivity contribution >= 4 is 12.4 Å². The van der Waals surface area contributed by atoms with E-state index in [1.165, 1.54) is 0 Å². The number of likely N-dealkylation sites (tertiary alicyclic amines) is 1. The summed E-state index contributed by atoms with van der Waals surface area (Å²) in [4.78, 5) is 24.0. The minimum absolute atomic E-state index is 0.249. The molecular weight excluding hydrogens is 206 g/mol. The third kappa shape index (κ3) is 3.51. The zero-order chi connectivity index (χ0) is 12.0. The summed E-state index contributed by atoms with van der Waals surface area (Å²) in [6, 6.07) is 0. The molecule has 0 unspecified atom stereocenters. The lowest BCUT2D eigenvalue weighted by molar-refractivity contribution is 0.0818. The summed E-state index contributed by atoms with van der Waals surface area (Å²) in [7, 11) is 0. The second-order valence-electron chi connectivity index (χ2n) is 4.62. The number of ether oxygens (including phenoxy) is 1. The SMILES string of the molecule is CCCCOC(=O)N1CCC(C)([C]=O)CC1. The average Bonchev–Trinajstić information content (AvgIpc) is 2.30. The van der Waals surface area contributed by atoms with Gasteiger partial charge in [-0.2, -0.15) is 0 Å². The Labute approximate surface area is 96.9 Å². The summed E-state index contributed by atoms with van der Waals surface area (Å²) in [6.45, 7) is 5.62. The number of hydrogen-bond acceptors (Lipinski definition) is 3. The molecule has 0 spiro atoms. The zero-order valence-corrected chi connectivity index (χ0v) is 10.1. The van der Waals surface area contributed by atoms with E-state index in [1.807, 2.05) is 6.92 Å². The van der Waals surface area contributed by atoms with E-state index in [9.17, 15) is 9.59 Å². The maximum Gasteiger partial charge on any atom is 0.409 e. The first-order valence-electron chi connectivity index (χ1n) is 5.92. The number of carbonyl (C=O) groups is 1. The lowest BCUT2D eigenvalue weighted by Crippen LogP contribution is -2.43. The average molecular weight is 226 g/mol. The van der Waals surface area contributed by atoms with Crippen molar-refractivity contribution in [2.45, 2.75) is 39.5 Å². The smallest absolute Gasteiger partial charge is 0.409 e. The normalized spacial score (nSPS) is 19.2. The van der Waals surface area contributed by atoms with E-state index in [-0.39, 0.29) is 11.5 Å². The molecule has 1 rings (SSSR count). The molecule has 1 radical (unpaired) electrons. The molecule has 91 valence electrons. The van der Waals surface area contributed by atoms with Crippen LogP contribution in [0.5, 0.6) is 0 Å². The van der Waals surface area contributed by atoms with Crippen LogP contribution in [0.15, 0.2) is 0 Å². The molecule has 0 bridgehead atoms. The Morgan fingerprint density at radius 3 is 2.56 bits per heavy atom. The van der Waals surface area contributed by atoms with E-state index in [4.69, 9.17) is 4.74 Å². The second kappa shape index (κ2) is 5.87. The minimum Gasteiger partial charge on any atom is -0.449 e. The van der Waals surface area contributed by atoms with Gasteiger partial charge in [-0.3, -0.25) is 4.79 Å². The highest BCUT2D eigenvalue weighted by Gasteiger charge is 2.32. The summed E-state index contributed by atoms with van der Waals surface area (Å²) in [6.07, 6.45) is 5.10. The molecule has 1 aliphatic heterocycles. The van der Waals surface area contributed by atoms with Gasteiger partial charge < -0.3 is 9.64 Å². The van der Waals surface area contributed by atoms with Gasteiger partial charge in [-0.25, -0.2) is 4.79 Å². The first kappa shape index (κ1) is 13.0. The number of carbonyl (C=O) groups excluding carboxylic acids is 2. The molecule has 0 saturated carbocycles. The van der Waals surface area contributed by atoms with Gasteiger partial charge in [0.05, 0.1) is 6.61 Å². The molecular formula is C12H20NO3. The van der Waals surface area contributed by atoms with E-state index < -0.39 is 0 Å². The van der Waals surface area contributed by atoms with Crippen LogP contribution in [0.2, 0.25) is 0 Å². The van der Waals surface area contributed by atoms with Gasteiger partial charge in [0.25, 0.3) is 0 Å². The van der Waals surface area contributed by atoms with Gasteiger partial charge in [0, 0.05) is 18.5 Å². The third-order valence-electron chi connectivity index (χ3n) is 3.10. The van der Waals surface area contributed by atoms with Gasteiger partial charge in [-0.1, -0.05) is 20.3 Å². The number of piperidine rings is 1. The molecule has 0 aromatic heterocycles. The molecule has 16 heavy (non-hydrogen) atoms. The molecule has 1 heterocycles. The topological polar surface area (TPSA) is 46.6 Å². The standard InChI is InChI=1S/C12H20NO3/c1-3-4-9-16-11(15)13-7-5-12(2,10-14)6-8-13/h3-9H2,1-2H3. The summed E-state index contributed by atoms with van der Waals surface area (Å²) < 4.78 is 5.11. The Morgan fingerprint density at radius 2 is 2.06 bits per heavy atom. The predicted octanol–water partition coefficient (Wildman–Crippen LogP) is 2.13. The second-order valence-corrected chi connectivity index (χ2v) is 4.62. The van der Waals surface area contributed by atoms with Crippen LogP contribution in [-0.2, 0) is 9.53 Å². The highest BCUT2D eigenvalue weighted by Crippen LogP contribution is 2.28. The van der Waals surface area contributed by atoms with Crippen molar-refractivity contribution < 1.29 is 14.3 Å². The fraction of sp³-hybridized carbons (Fsp3) is 0.833. The Balaban J connectivity index is 2.30. The van der Waals surface area contributed by atoms with Crippen LogP contribution in [0, 0.1) is 5.41 Å². The molecule has 0 aromatic rings. The summed E-state index contributed by atoms with van der Waals surface area (Å²) in [5.41, 5.74) is -0.375. The van der Waals surface area contributed by atoms with Crippen LogP contribution in [-0.4, -0.2) is 37.0 Å². The van der Waals surface area contributed by atoms with Crippen molar-refractivity contribution in [1.29, 1.82) is 0 Å². The molecule has 1 fully saturated rings. The van der Waals surface area contributed by atoms with Gasteiger partial charge in [0.1, 0.15) is 0 Å². The van der Waals surface area contributed by atoms with Gasteiger partial charge in [-0.05, 0) is 19.3 Å². The Morgan fingerprint density at radius 1 is 1.44 bits per heavy atom. The van der Waals surface area contributed by atoms with Crippen LogP contribution in [0.3, 0.4) is 0 Å². The third-order valence-corrected chi connectivity index (χ3v) is 3.10. The Kier molecular flexibility index (Phi) is 4.77. The predicted molar refractivity (Wildman–Crippen MR) is 60.9 cm³/mol.